The number of hydrogen-bond donors (Lipinski definition) is 1. The first-order valence-electron chi connectivity index (χ1n) is 8.40. The number of amides is 1. The number of hydrogen-bond acceptors (Lipinski definition) is 2. The normalized spacial score (nSPS) is 20.1. The van der Waals surface area contributed by atoms with Gasteiger partial charge in [-0.1, -0.05) is 62.2 Å². The van der Waals surface area contributed by atoms with Gasteiger partial charge in [0.05, 0.1) is 5.56 Å². The van der Waals surface area contributed by atoms with Crippen molar-refractivity contribution in [3.8, 4) is 0 Å². The van der Waals surface area contributed by atoms with Crippen LogP contribution in [0.25, 0.3) is 0 Å². The Morgan fingerprint density at radius 3 is 2.43 bits per heavy atom. The summed E-state index contributed by atoms with van der Waals surface area (Å²) in [5.41, 5.74) is 2.34. The van der Waals surface area contributed by atoms with Crippen molar-refractivity contribution in [1.29, 1.82) is 0 Å². The third-order valence-electron chi connectivity index (χ3n) is 4.77. The Balaban J connectivity index is 2.07. The summed E-state index contributed by atoms with van der Waals surface area (Å²) >= 11 is 0. The molecule has 0 fully saturated rings. The molecule has 1 unspecified atom stereocenters. The van der Waals surface area contributed by atoms with Crippen LogP contribution in [0.5, 0.6) is 0 Å². The molecule has 1 amide bonds. The van der Waals surface area contributed by atoms with Crippen molar-refractivity contribution in [3.05, 3.63) is 65.7 Å². The molecule has 3 nitrogen and oxygen atoms in total. The number of carbonyl (C=O) groups excluding carboxylic acids is 1. The standard InChI is InChI=1S/C20H24N2O/c1-3-4-10-15-20(16-11-6-5-7-12-16)21-18-14-9-8-13-17(18)19(23)22(20)2/h5-9,11-14,21H,3-4,10,15H2,1-2H3. The van der Waals surface area contributed by atoms with E-state index >= 15 is 0 Å². The summed E-state index contributed by atoms with van der Waals surface area (Å²) in [6.45, 7) is 2.20. The van der Waals surface area contributed by atoms with Crippen LogP contribution in [-0.2, 0) is 5.66 Å². The summed E-state index contributed by atoms with van der Waals surface area (Å²) in [6, 6.07) is 18.1. The summed E-state index contributed by atoms with van der Waals surface area (Å²) in [4.78, 5) is 14.8. The maximum Gasteiger partial charge on any atom is 0.257 e. The molecule has 1 heterocycles. The van der Waals surface area contributed by atoms with Crippen LogP contribution in [0.1, 0.15) is 48.5 Å². The average Bonchev–Trinajstić information content (AvgIpc) is 2.60. The van der Waals surface area contributed by atoms with E-state index in [1.165, 1.54) is 12.8 Å². The Bertz CT molecular complexity index is 683. The van der Waals surface area contributed by atoms with Crippen LogP contribution >= 0.6 is 0 Å². The second-order valence-corrected chi connectivity index (χ2v) is 6.22. The van der Waals surface area contributed by atoms with Gasteiger partial charge >= 0.3 is 0 Å². The quantitative estimate of drug-likeness (QED) is 0.818. The van der Waals surface area contributed by atoms with Gasteiger partial charge in [0.2, 0.25) is 0 Å². The molecule has 0 aliphatic carbocycles. The van der Waals surface area contributed by atoms with Gasteiger partial charge in [-0.3, -0.25) is 4.79 Å². The molecule has 3 heteroatoms. The molecule has 0 bridgehead atoms. The van der Waals surface area contributed by atoms with Crippen LogP contribution in [0.15, 0.2) is 54.6 Å². The lowest BCUT2D eigenvalue weighted by Gasteiger charge is -2.47. The predicted octanol–water partition coefficient (Wildman–Crippen LogP) is 4.62. The molecule has 2 aromatic carbocycles. The molecule has 1 N–H and O–H groups in total. The minimum absolute atomic E-state index is 0.0831. The van der Waals surface area contributed by atoms with Crippen LogP contribution in [-0.4, -0.2) is 17.9 Å². The number of para-hydroxylation sites is 1. The van der Waals surface area contributed by atoms with Crippen molar-refractivity contribution in [3.63, 3.8) is 0 Å². The number of unbranched alkanes of at least 4 members (excludes halogenated alkanes) is 2. The zero-order valence-electron chi connectivity index (χ0n) is 13.9. The van der Waals surface area contributed by atoms with Gasteiger partial charge in [-0.25, -0.2) is 0 Å². The molecule has 0 saturated heterocycles. The SMILES string of the molecule is CCCCCC1(c2ccccc2)Nc2ccccc2C(=O)N1C. The lowest BCUT2D eigenvalue weighted by molar-refractivity contribution is 0.0556. The van der Waals surface area contributed by atoms with E-state index in [2.05, 4.69) is 24.4 Å². The number of nitrogens with one attached hydrogen (secondary N) is 1. The van der Waals surface area contributed by atoms with Gasteiger partial charge in [0, 0.05) is 12.7 Å². The molecule has 0 aromatic heterocycles. The number of anilines is 1. The van der Waals surface area contributed by atoms with Crippen molar-refractivity contribution in [2.75, 3.05) is 12.4 Å². The molecule has 23 heavy (non-hydrogen) atoms. The van der Waals surface area contributed by atoms with E-state index in [0.29, 0.717) is 0 Å². The first-order chi connectivity index (χ1) is 11.2. The first-order valence-corrected chi connectivity index (χ1v) is 8.40. The maximum absolute atomic E-state index is 12.9. The summed E-state index contributed by atoms with van der Waals surface area (Å²) in [7, 11) is 1.91. The van der Waals surface area contributed by atoms with Crippen LogP contribution < -0.4 is 5.32 Å². The zero-order chi connectivity index (χ0) is 16.3. The Labute approximate surface area is 138 Å². The number of benzene rings is 2. The Morgan fingerprint density at radius 1 is 1.00 bits per heavy atom. The molecule has 3 rings (SSSR count). The Hall–Kier alpha value is -2.29. The third-order valence-corrected chi connectivity index (χ3v) is 4.77. The topological polar surface area (TPSA) is 32.3 Å². The molecule has 0 radical (unpaired) electrons. The highest BCUT2D eigenvalue weighted by Gasteiger charge is 2.43. The van der Waals surface area contributed by atoms with Crippen molar-refractivity contribution in [2.24, 2.45) is 0 Å². The van der Waals surface area contributed by atoms with Crippen molar-refractivity contribution in [1.82, 2.24) is 4.90 Å². The number of rotatable bonds is 5. The fraction of sp³-hybridized carbons (Fsp3) is 0.350. The minimum Gasteiger partial charge on any atom is -0.358 e. The summed E-state index contributed by atoms with van der Waals surface area (Å²) < 4.78 is 0. The summed E-state index contributed by atoms with van der Waals surface area (Å²) in [6.07, 6.45) is 4.32. The van der Waals surface area contributed by atoms with Crippen LogP contribution in [0.4, 0.5) is 5.69 Å². The Morgan fingerprint density at radius 2 is 1.70 bits per heavy atom. The fourth-order valence-electron chi connectivity index (χ4n) is 3.42. The smallest absolute Gasteiger partial charge is 0.257 e. The van der Waals surface area contributed by atoms with Crippen molar-refractivity contribution in [2.45, 2.75) is 38.3 Å². The van der Waals surface area contributed by atoms with Gasteiger partial charge in [0.15, 0.2) is 0 Å². The van der Waals surface area contributed by atoms with E-state index in [1.54, 1.807) is 0 Å². The molecular weight excluding hydrogens is 284 g/mol. The lowest BCUT2D eigenvalue weighted by Crippen LogP contribution is -2.55. The van der Waals surface area contributed by atoms with Crippen molar-refractivity contribution >= 4 is 11.6 Å². The molecule has 1 atom stereocenters. The number of fused-ring (bicyclic) bond motifs is 1. The monoisotopic (exact) mass is 308 g/mol. The van der Waals surface area contributed by atoms with Gasteiger partial charge in [-0.15, -0.1) is 0 Å². The van der Waals surface area contributed by atoms with Gasteiger partial charge < -0.3 is 10.2 Å². The van der Waals surface area contributed by atoms with E-state index in [4.69, 9.17) is 0 Å². The predicted molar refractivity (Wildman–Crippen MR) is 94.4 cm³/mol. The molecule has 0 spiro atoms. The molecule has 1 aliphatic heterocycles. The highest BCUT2D eigenvalue weighted by atomic mass is 16.2. The van der Waals surface area contributed by atoms with E-state index in [-0.39, 0.29) is 5.91 Å². The second-order valence-electron chi connectivity index (χ2n) is 6.22. The summed E-state index contributed by atoms with van der Waals surface area (Å²) in [5.74, 6) is 0.0831. The molecular formula is C20H24N2O. The molecule has 0 saturated carbocycles. The second kappa shape index (κ2) is 6.45. The first kappa shape index (κ1) is 15.6. The van der Waals surface area contributed by atoms with Gasteiger partial charge in [-0.05, 0) is 30.5 Å². The van der Waals surface area contributed by atoms with E-state index in [1.807, 2.05) is 54.4 Å². The van der Waals surface area contributed by atoms with E-state index < -0.39 is 5.66 Å². The van der Waals surface area contributed by atoms with Crippen LogP contribution in [0, 0.1) is 0 Å². The summed E-state index contributed by atoms with van der Waals surface area (Å²) in [5, 5.41) is 3.67. The number of carbonyl (C=O) groups is 1. The zero-order valence-corrected chi connectivity index (χ0v) is 13.9. The fourth-order valence-corrected chi connectivity index (χ4v) is 3.42. The minimum atomic E-state index is -0.470. The Kier molecular flexibility index (Phi) is 4.37. The van der Waals surface area contributed by atoms with E-state index in [0.717, 1.165) is 29.7 Å². The van der Waals surface area contributed by atoms with Crippen molar-refractivity contribution < 1.29 is 4.79 Å². The lowest BCUT2D eigenvalue weighted by atomic mass is 9.88. The molecule has 1 aliphatic rings. The number of nitrogens with zero attached hydrogens (tertiary/aromatic N) is 1. The van der Waals surface area contributed by atoms with Gasteiger partial charge in [0.25, 0.3) is 5.91 Å². The van der Waals surface area contributed by atoms with E-state index in [9.17, 15) is 4.79 Å². The molecule has 120 valence electrons. The largest absolute Gasteiger partial charge is 0.358 e. The van der Waals surface area contributed by atoms with Crippen LogP contribution in [0.2, 0.25) is 0 Å². The highest BCUT2D eigenvalue weighted by molar-refractivity contribution is 6.02. The van der Waals surface area contributed by atoms with Gasteiger partial charge in [-0.2, -0.15) is 0 Å². The van der Waals surface area contributed by atoms with Gasteiger partial charge in [0.1, 0.15) is 5.66 Å². The average molecular weight is 308 g/mol. The highest BCUT2D eigenvalue weighted by Crippen LogP contribution is 2.40. The molecule has 2 aromatic rings. The third kappa shape index (κ3) is 2.72. The maximum atomic E-state index is 12.9. The van der Waals surface area contributed by atoms with Crippen LogP contribution in [0.3, 0.4) is 0 Å².